The lowest BCUT2D eigenvalue weighted by atomic mass is 9.95. The van der Waals surface area contributed by atoms with Crippen LogP contribution in [0.15, 0.2) is 72.8 Å². The third kappa shape index (κ3) is 6.17. The molecule has 0 saturated carbocycles. The number of benzene rings is 3. The zero-order valence-corrected chi connectivity index (χ0v) is 24.8. The van der Waals surface area contributed by atoms with Gasteiger partial charge in [-0.15, -0.1) is 0 Å². The standard InChI is InChI=1S/C34H38F2N2O5/c1-41-29-20-25(21-30(42-2)31(29)43-3)34(35,36)33(40)38-27-18-19-28(38)32(39)37(22-27)26(16-14-23-10-6-4-7-11-23)17-15-24-12-8-5-9-13-24/h4-13,20-21,26-28H,14-19,22H2,1-3H3. The highest BCUT2D eigenvalue weighted by Gasteiger charge is 2.55. The first-order valence-electron chi connectivity index (χ1n) is 14.7. The molecule has 2 saturated heterocycles. The average Bonchev–Trinajstić information content (AvgIpc) is 3.38. The van der Waals surface area contributed by atoms with Crippen LogP contribution in [-0.4, -0.2) is 67.6 Å². The number of rotatable bonds is 12. The number of methoxy groups -OCH3 is 3. The number of likely N-dealkylation sites (tertiary alicyclic amines) is 1. The lowest BCUT2D eigenvalue weighted by Gasteiger charge is -2.44. The lowest BCUT2D eigenvalue weighted by Crippen LogP contribution is -2.63. The van der Waals surface area contributed by atoms with Gasteiger partial charge in [0, 0.05) is 18.2 Å². The molecule has 7 nitrogen and oxygen atoms in total. The first-order valence-corrected chi connectivity index (χ1v) is 14.7. The van der Waals surface area contributed by atoms with Crippen molar-refractivity contribution in [1.82, 2.24) is 9.80 Å². The van der Waals surface area contributed by atoms with Crippen LogP contribution in [0.5, 0.6) is 17.2 Å². The number of halogens is 2. The maximum atomic E-state index is 15.9. The van der Waals surface area contributed by atoms with E-state index in [0.717, 1.165) is 42.7 Å². The highest BCUT2D eigenvalue weighted by atomic mass is 19.3. The van der Waals surface area contributed by atoms with Crippen molar-refractivity contribution in [3.8, 4) is 17.2 Å². The van der Waals surface area contributed by atoms with Gasteiger partial charge in [0.25, 0.3) is 5.91 Å². The summed E-state index contributed by atoms with van der Waals surface area (Å²) >= 11 is 0. The molecular formula is C34H38F2N2O5. The van der Waals surface area contributed by atoms with Crippen molar-refractivity contribution >= 4 is 11.8 Å². The van der Waals surface area contributed by atoms with E-state index in [-0.39, 0.29) is 35.7 Å². The van der Waals surface area contributed by atoms with Crippen molar-refractivity contribution in [3.05, 3.63) is 89.5 Å². The number of carbonyl (C=O) groups is 2. The molecule has 2 fully saturated rings. The van der Waals surface area contributed by atoms with E-state index in [9.17, 15) is 9.59 Å². The van der Waals surface area contributed by atoms with E-state index in [4.69, 9.17) is 14.2 Å². The minimum Gasteiger partial charge on any atom is -0.493 e. The van der Waals surface area contributed by atoms with Gasteiger partial charge in [-0.3, -0.25) is 9.59 Å². The van der Waals surface area contributed by atoms with E-state index in [1.165, 1.54) is 32.5 Å². The van der Waals surface area contributed by atoms with Crippen LogP contribution in [0.2, 0.25) is 0 Å². The highest BCUT2D eigenvalue weighted by molar-refractivity contribution is 5.93. The number of piperazine rings is 1. The second-order valence-corrected chi connectivity index (χ2v) is 11.1. The van der Waals surface area contributed by atoms with Crippen molar-refractivity contribution in [3.63, 3.8) is 0 Å². The van der Waals surface area contributed by atoms with Crippen LogP contribution in [0.4, 0.5) is 8.78 Å². The molecule has 0 aliphatic carbocycles. The Labute approximate surface area is 251 Å². The summed E-state index contributed by atoms with van der Waals surface area (Å²) in [6.45, 7) is 0.237. The topological polar surface area (TPSA) is 68.3 Å². The number of nitrogens with zero attached hydrogens (tertiary/aromatic N) is 2. The quantitative estimate of drug-likeness (QED) is 0.272. The minimum atomic E-state index is -3.91. The van der Waals surface area contributed by atoms with E-state index in [1.54, 1.807) is 0 Å². The molecule has 3 aromatic carbocycles. The summed E-state index contributed by atoms with van der Waals surface area (Å²) in [5, 5.41) is 0. The fourth-order valence-corrected chi connectivity index (χ4v) is 6.41. The van der Waals surface area contributed by atoms with Crippen LogP contribution in [0.25, 0.3) is 0 Å². The number of carbonyl (C=O) groups excluding carboxylic acids is 2. The summed E-state index contributed by atoms with van der Waals surface area (Å²) < 4.78 is 47.5. The van der Waals surface area contributed by atoms with Gasteiger partial charge in [0.2, 0.25) is 11.7 Å². The van der Waals surface area contributed by atoms with Crippen molar-refractivity contribution in [2.24, 2.45) is 0 Å². The molecule has 9 heteroatoms. The summed E-state index contributed by atoms with van der Waals surface area (Å²) in [5.74, 6) is -5.35. The van der Waals surface area contributed by atoms with Gasteiger partial charge in [-0.25, -0.2) is 0 Å². The molecule has 2 aliphatic heterocycles. The van der Waals surface area contributed by atoms with Crippen LogP contribution in [0, 0.1) is 0 Å². The Morgan fingerprint density at radius 2 is 1.40 bits per heavy atom. The maximum absolute atomic E-state index is 15.9. The van der Waals surface area contributed by atoms with E-state index >= 15 is 8.78 Å². The number of amides is 2. The van der Waals surface area contributed by atoms with E-state index < -0.39 is 29.5 Å². The molecule has 0 N–H and O–H groups in total. The van der Waals surface area contributed by atoms with Gasteiger partial charge in [0.15, 0.2) is 11.5 Å². The lowest BCUT2D eigenvalue weighted by molar-refractivity contribution is -0.171. The normalized spacial score (nSPS) is 18.2. The van der Waals surface area contributed by atoms with Crippen molar-refractivity contribution < 1.29 is 32.6 Å². The molecule has 2 bridgehead atoms. The van der Waals surface area contributed by atoms with Crippen molar-refractivity contribution in [2.45, 2.75) is 62.6 Å². The summed E-state index contributed by atoms with van der Waals surface area (Å²) in [6, 6.07) is 20.9. The number of hydrogen-bond donors (Lipinski definition) is 0. The molecule has 5 rings (SSSR count). The molecule has 2 unspecified atom stereocenters. The Hall–Kier alpha value is -4.14. The van der Waals surface area contributed by atoms with Gasteiger partial charge in [-0.2, -0.15) is 8.78 Å². The predicted molar refractivity (Wildman–Crippen MR) is 159 cm³/mol. The smallest absolute Gasteiger partial charge is 0.350 e. The Bertz CT molecular complexity index is 1350. The molecule has 228 valence electrons. The van der Waals surface area contributed by atoms with Crippen LogP contribution < -0.4 is 14.2 Å². The largest absolute Gasteiger partial charge is 0.493 e. The summed E-state index contributed by atoms with van der Waals surface area (Å²) in [4.78, 5) is 30.5. The highest BCUT2D eigenvalue weighted by Crippen LogP contribution is 2.45. The molecular weight excluding hydrogens is 554 g/mol. The Morgan fingerprint density at radius 3 is 1.88 bits per heavy atom. The Balaban J connectivity index is 1.37. The second-order valence-electron chi connectivity index (χ2n) is 11.1. The van der Waals surface area contributed by atoms with Gasteiger partial charge >= 0.3 is 5.92 Å². The minimum absolute atomic E-state index is 0.0212. The van der Waals surface area contributed by atoms with Crippen LogP contribution >= 0.6 is 0 Å². The number of hydrogen-bond acceptors (Lipinski definition) is 5. The molecule has 0 radical (unpaired) electrons. The van der Waals surface area contributed by atoms with E-state index in [2.05, 4.69) is 24.3 Å². The molecule has 2 amide bonds. The van der Waals surface area contributed by atoms with E-state index in [1.807, 2.05) is 41.3 Å². The first kappa shape index (κ1) is 30.3. The fourth-order valence-electron chi connectivity index (χ4n) is 6.41. The SMILES string of the molecule is COc1cc(C(F)(F)C(=O)N2C3CCC2C(=O)N(C(CCc2ccccc2)CCc2ccccc2)C3)cc(OC)c1OC. The van der Waals surface area contributed by atoms with Crippen LogP contribution in [0.3, 0.4) is 0 Å². The van der Waals surface area contributed by atoms with Gasteiger partial charge < -0.3 is 24.0 Å². The average molecular weight is 593 g/mol. The third-order valence-electron chi connectivity index (χ3n) is 8.67. The number of aryl methyl sites for hydroxylation is 2. The molecule has 3 aromatic rings. The van der Waals surface area contributed by atoms with Gasteiger partial charge in [0.1, 0.15) is 6.04 Å². The fraction of sp³-hybridized carbons (Fsp3) is 0.412. The Morgan fingerprint density at radius 1 is 0.860 bits per heavy atom. The van der Waals surface area contributed by atoms with Crippen LogP contribution in [0.1, 0.15) is 42.4 Å². The number of alkyl halides is 2. The monoisotopic (exact) mass is 592 g/mol. The molecule has 2 heterocycles. The molecule has 2 aliphatic rings. The van der Waals surface area contributed by atoms with Crippen molar-refractivity contribution in [2.75, 3.05) is 27.9 Å². The summed E-state index contributed by atoms with van der Waals surface area (Å²) in [7, 11) is 4.02. The van der Waals surface area contributed by atoms with Gasteiger partial charge in [-0.1, -0.05) is 60.7 Å². The number of fused-ring (bicyclic) bond motifs is 2. The van der Waals surface area contributed by atoms with Gasteiger partial charge in [-0.05, 0) is 61.8 Å². The summed E-state index contributed by atoms with van der Waals surface area (Å²) in [5.41, 5.74) is 1.78. The van der Waals surface area contributed by atoms with E-state index in [0.29, 0.717) is 12.8 Å². The molecule has 0 spiro atoms. The first-order chi connectivity index (χ1) is 20.8. The van der Waals surface area contributed by atoms with Gasteiger partial charge in [0.05, 0.1) is 27.4 Å². The zero-order chi connectivity index (χ0) is 30.6. The van der Waals surface area contributed by atoms with Crippen molar-refractivity contribution in [1.29, 1.82) is 0 Å². The predicted octanol–water partition coefficient (Wildman–Crippen LogP) is 5.64. The Kier molecular flexibility index (Phi) is 9.18. The summed E-state index contributed by atoms with van der Waals surface area (Å²) in [6.07, 6.45) is 3.94. The number of ether oxygens (including phenoxy) is 3. The molecule has 0 aromatic heterocycles. The third-order valence-corrected chi connectivity index (χ3v) is 8.67. The second kappa shape index (κ2) is 13.0. The van der Waals surface area contributed by atoms with Crippen LogP contribution in [-0.2, 0) is 28.4 Å². The zero-order valence-electron chi connectivity index (χ0n) is 24.8. The maximum Gasteiger partial charge on any atom is 0.350 e. The molecule has 43 heavy (non-hydrogen) atoms. The molecule has 2 atom stereocenters.